The van der Waals surface area contributed by atoms with Crippen molar-refractivity contribution in [2.24, 2.45) is 0 Å². The van der Waals surface area contributed by atoms with Gasteiger partial charge in [0.15, 0.2) is 0 Å². The number of rotatable bonds is 0. The molecule has 7 nitrogen and oxygen atoms in total. The number of carbonyl (C=O) groups excluding carboxylic acids is 2. The maximum atomic E-state index is 12.7. The largest absolute Gasteiger partial charge is 0.494 e. The Morgan fingerprint density at radius 3 is 1.27 bits per heavy atom. The van der Waals surface area contributed by atoms with E-state index in [4.69, 9.17) is 9.47 Å². The molecule has 2 N–H and O–H groups in total. The monoisotopic (exact) mass is 543 g/mol. The van der Waals surface area contributed by atoms with Crippen LogP contribution >= 0.6 is 0 Å². The molecule has 0 fully saturated rings. The number of hydrogen-bond acceptors (Lipinski definition) is 5. The smallest absolute Gasteiger partial charge is 0.270 e. The Labute approximate surface area is 237 Å². The highest BCUT2D eigenvalue weighted by molar-refractivity contribution is 5.96. The molecule has 6 rings (SSSR count). The molecule has 2 aromatic carbocycles. The van der Waals surface area contributed by atoms with Crippen molar-refractivity contribution in [3.8, 4) is 11.5 Å². The lowest BCUT2D eigenvalue weighted by molar-refractivity contribution is 0.0941. The van der Waals surface area contributed by atoms with Gasteiger partial charge in [-0.15, -0.1) is 0 Å². The van der Waals surface area contributed by atoms with Gasteiger partial charge in [0.05, 0.1) is 13.2 Å². The lowest BCUT2D eigenvalue weighted by atomic mass is 10.1. The van der Waals surface area contributed by atoms with Gasteiger partial charge in [0.1, 0.15) is 22.9 Å². The van der Waals surface area contributed by atoms with Crippen molar-refractivity contribution >= 4 is 11.8 Å². The minimum atomic E-state index is -0.332. The summed E-state index contributed by atoms with van der Waals surface area (Å²) in [7, 11) is 0. The molecular formula is C33H41N3O4. The average molecular weight is 544 g/mol. The quantitative estimate of drug-likeness (QED) is 0.333. The van der Waals surface area contributed by atoms with Crippen LogP contribution < -0.4 is 20.1 Å². The fourth-order valence-corrected chi connectivity index (χ4v) is 4.64. The second-order valence-corrected chi connectivity index (χ2v) is 10.3. The fourth-order valence-electron chi connectivity index (χ4n) is 4.64. The van der Waals surface area contributed by atoms with Gasteiger partial charge in [-0.05, 0) is 60.4 Å². The predicted molar refractivity (Wildman–Crippen MR) is 157 cm³/mol. The van der Waals surface area contributed by atoms with Crippen LogP contribution in [0, 0.1) is 0 Å². The number of pyridine rings is 1. The summed E-state index contributed by atoms with van der Waals surface area (Å²) in [5, 5.41) is 5.75. The zero-order valence-corrected chi connectivity index (χ0v) is 23.3. The Bertz CT molecular complexity index is 1100. The van der Waals surface area contributed by atoms with Crippen LogP contribution in [0.5, 0.6) is 11.5 Å². The van der Waals surface area contributed by atoms with Gasteiger partial charge in [-0.1, -0.05) is 81.7 Å². The highest BCUT2D eigenvalue weighted by atomic mass is 16.5. The van der Waals surface area contributed by atoms with Gasteiger partial charge in [-0.3, -0.25) is 9.59 Å². The molecule has 0 aliphatic carbocycles. The molecule has 6 bridgehead atoms. The molecular weight excluding hydrogens is 502 g/mol. The number of fused-ring (bicyclic) bond motifs is 2. The molecule has 0 saturated heterocycles. The Kier molecular flexibility index (Phi) is 11.9. The third-order valence-electron chi connectivity index (χ3n) is 7.04. The van der Waals surface area contributed by atoms with Crippen LogP contribution in [0.25, 0.3) is 0 Å². The highest BCUT2D eigenvalue weighted by Gasteiger charge is 2.12. The van der Waals surface area contributed by atoms with Crippen molar-refractivity contribution < 1.29 is 19.1 Å². The number of nitrogens with zero attached hydrogens (tertiary/aromatic N) is 1. The van der Waals surface area contributed by atoms with Crippen LogP contribution in [0.1, 0.15) is 96.3 Å². The second kappa shape index (κ2) is 16.3. The number of nitrogens with one attached hydrogen (secondary N) is 2. The van der Waals surface area contributed by atoms with Crippen molar-refractivity contribution in [3.05, 3.63) is 89.2 Å². The molecule has 0 spiro atoms. The average Bonchev–Trinajstić information content (AvgIpc) is 2.99. The summed E-state index contributed by atoms with van der Waals surface area (Å²) in [6.45, 7) is 2.16. The van der Waals surface area contributed by atoms with E-state index in [-0.39, 0.29) is 23.2 Å². The maximum absolute atomic E-state index is 12.7. The van der Waals surface area contributed by atoms with Crippen molar-refractivity contribution in [1.82, 2.24) is 15.6 Å². The van der Waals surface area contributed by atoms with Gasteiger partial charge in [0.25, 0.3) is 11.8 Å². The molecule has 3 aliphatic rings. The van der Waals surface area contributed by atoms with E-state index in [2.05, 4.69) is 15.6 Å². The molecule has 0 radical (unpaired) electrons. The molecule has 40 heavy (non-hydrogen) atoms. The summed E-state index contributed by atoms with van der Waals surface area (Å²) >= 11 is 0. The minimum absolute atomic E-state index is 0.199. The van der Waals surface area contributed by atoms with E-state index >= 15 is 0 Å². The SMILES string of the molecule is O=C1NCc2ccc(cc2)OCCCCCCCCCCCCOc2ccc(cc2)CNC(=O)c2cccc1n2. The first kappa shape index (κ1) is 29.1. The summed E-state index contributed by atoms with van der Waals surface area (Å²) in [6, 6.07) is 20.4. The van der Waals surface area contributed by atoms with Crippen LogP contribution in [-0.2, 0) is 13.1 Å². The number of hydrogen-bond donors (Lipinski definition) is 2. The Morgan fingerprint density at radius 1 is 0.500 bits per heavy atom. The second-order valence-electron chi connectivity index (χ2n) is 10.3. The van der Waals surface area contributed by atoms with Crippen LogP contribution in [0.2, 0.25) is 0 Å². The van der Waals surface area contributed by atoms with Gasteiger partial charge in [0.2, 0.25) is 0 Å². The molecule has 4 heterocycles. The van der Waals surface area contributed by atoms with E-state index in [1.165, 1.54) is 51.4 Å². The summed E-state index contributed by atoms with van der Waals surface area (Å²) < 4.78 is 11.8. The minimum Gasteiger partial charge on any atom is -0.494 e. The first-order valence-corrected chi connectivity index (χ1v) is 14.6. The first-order valence-electron chi connectivity index (χ1n) is 14.6. The summed E-state index contributed by atoms with van der Waals surface area (Å²) in [4.78, 5) is 29.7. The lowest BCUT2D eigenvalue weighted by Gasteiger charge is -2.09. The van der Waals surface area contributed by atoms with Gasteiger partial charge < -0.3 is 20.1 Å². The summed E-state index contributed by atoms with van der Waals surface area (Å²) in [5.41, 5.74) is 2.32. The summed E-state index contributed by atoms with van der Waals surface area (Å²) in [5.74, 6) is 1.01. The van der Waals surface area contributed by atoms with E-state index < -0.39 is 0 Å². The topological polar surface area (TPSA) is 89.5 Å². The van der Waals surface area contributed by atoms with Crippen LogP contribution in [0.3, 0.4) is 0 Å². The van der Waals surface area contributed by atoms with Crippen LogP contribution in [0.15, 0.2) is 66.7 Å². The van der Waals surface area contributed by atoms with Gasteiger partial charge >= 0.3 is 0 Å². The molecule has 1 aromatic heterocycles. The van der Waals surface area contributed by atoms with Crippen LogP contribution in [-0.4, -0.2) is 30.0 Å². The zero-order chi connectivity index (χ0) is 27.8. The number of benzene rings is 2. The zero-order valence-electron chi connectivity index (χ0n) is 23.3. The molecule has 7 heteroatoms. The number of amides is 2. The fraction of sp³-hybridized carbons (Fsp3) is 0.424. The van der Waals surface area contributed by atoms with Crippen molar-refractivity contribution in [1.29, 1.82) is 0 Å². The van der Waals surface area contributed by atoms with Crippen molar-refractivity contribution in [2.45, 2.75) is 77.3 Å². The lowest BCUT2D eigenvalue weighted by Crippen LogP contribution is -2.27. The molecule has 0 atom stereocenters. The molecule has 3 aromatic rings. The van der Waals surface area contributed by atoms with Crippen molar-refractivity contribution in [2.75, 3.05) is 13.2 Å². The summed E-state index contributed by atoms with van der Waals surface area (Å²) in [6.07, 6.45) is 12.2. The molecule has 3 aliphatic heterocycles. The number of ether oxygens (including phenoxy) is 2. The third kappa shape index (κ3) is 10.0. The van der Waals surface area contributed by atoms with Crippen LogP contribution in [0.4, 0.5) is 0 Å². The van der Waals surface area contributed by atoms with E-state index in [9.17, 15) is 9.59 Å². The highest BCUT2D eigenvalue weighted by Crippen LogP contribution is 2.16. The molecule has 2 amide bonds. The molecule has 0 saturated carbocycles. The Balaban J connectivity index is 1.33. The standard InChI is InChI=1S/C33H41N3O4/c37-32-30-12-11-13-31(36-30)33(38)35-25-27-16-20-29(21-17-27)40-23-10-8-6-4-2-1-3-5-7-9-22-39-28-18-14-26(15-19-28)24-34-32/h11-21H,1-10,22-25H2,(H,34,37)(H,35,38). The van der Waals surface area contributed by atoms with Gasteiger partial charge in [0, 0.05) is 13.1 Å². The van der Waals surface area contributed by atoms with E-state index in [0.717, 1.165) is 48.7 Å². The van der Waals surface area contributed by atoms with E-state index in [0.29, 0.717) is 13.1 Å². The Hall–Kier alpha value is -3.87. The number of aromatic nitrogens is 1. The number of carbonyl (C=O) groups is 2. The normalized spacial score (nSPS) is 17.0. The predicted octanol–water partition coefficient (Wildman–Crippen LogP) is 6.61. The Morgan fingerprint density at radius 2 is 0.875 bits per heavy atom. The van der Waals surface area contributed by atoms with Gasteiger partial charge in [-0.25, -0.2) is 4.98 Å². The maximum Gasteiger partial charge on any atom is 0.270 e. The van der Waals surface area contributed by atoms with Gasteiger partial charge in [-0.2, -0.15) is 0 Å². The molecule has 0 unspecified atom stereocenters. The molecule has 212 valence electrons. The van der Waals surface area contributed by atoms with Crippen molar-refractivity contribution in [3.63, 3.8) is 0 Å². The first-order chi connectivity index (χ1) is 19.7. The third-order valence-corrected chi connectivity index (χ3v) is 7.04. The van der Waals surface area contributed by atoms with E-state index in [1.54, 1.807) is 18.2 Å². The van der Waals surface area contributed by atoms with E-state index in [1.807, 2.05) is 48.5 Å².